The van der Waals surface area contributed by atoms with Crippen LogP contribution in [0.2, 0.25) is 0 Å². The molecule has 14 heavy (non-hydrogen) atoms. The Kier molecular flexibility index (Phi) is 1.81. The van der Waals surface area contributed by atoms with Crippen LogP contribution >= 0.6 is 0 Å². The third-order valence-electron chi connectivity index (χ3n) is 1.74. The molecule has 0 aliphatic heterocycles. The van der Waals surface area contributed by atoms with Crippen molar-refractivity contribution in [1.82, 2.24) is 19.6 Å². The molecule has 0 spiro atoms. The maximum atomic E-state index is 10.5. The molecule has 0 aliphatic carbocycles. The first-order chi connectivity index (χ1) is 6.66. The molecule has 2 rings (SSSR count). The molecule has 0 bridgehead atoms. The molecule has 2 heterocycles. The van der Waals surface area contributed by atoms with Gasteiger partial charge >= 0.3 is 5.97 Å². The van der Waals surface area contributed by atoms with Gasteiger partial charge in [0.15, 0.2) is 11.5 Å². The van der Waals surface area contributed by atoms with Gasteiger partial charge in [0, 0.05) is 25.5 Å². The highest BCUT2D eigenvalue weighted by atomic mass is 16.4. The van der Waals surface area contributed by atoms with Crippen molar-refractivity contribution in [2.24, 2.45) is 7.05 Å². The van der Waals surface area contributed by atoms with E-state index in [1.165, 1.54) is 10.7 Å². The van der Waals surface area contributed by atoms with Gasteiger partial charge in [-0.05, 0) is 6.07 Å². The Balaban J connectivity index is 2.38. The summed E-state index contributed by atoms with van der Waals surface area (Å²) in [6.07, 6.45) is 3.32. The summed E-state index contributed by atoms with van der Waals surface area (Å²) in [5, 5.41) is 16.6. The van der Waals surface area contributed by atoms with Crippen molar-refractivity contribution >= 4 is 5.97 Å². The summed E-state index contributed by atoms with van der Waals surface area (Å²) in [6.45, 7) is 0. The monoisotopic (exact) mass is 192 g/mol. The van der Waals surface area contributed by atoms with E-state index in [4.69, 9.17) is 5.11 Å². The molecule has 0 radical (unpaired) electrons. The molecule has 0 aromatic carbocycles. The van der Waals surface area contributed by atoms with E-state index in [0.717, 1.165) is 0 Å². The average Bonchev–Trinajstić information content (AvgIpc) is 2.70. The Morgan fingerprint density at radius 2 is 2.14 bits per heavy atom. The van der Waals surface area contributed by atoms with Crippen LogP contribution in [0.4, 0.5) is 0 Å². The standard InChI is InChI=1S/C8H8N4O2/c1-11-4-3-7(10-11)12-5-2-6(9-12)8(13)14/h2-5H,1H3,(H,13,14). The van der Waals surface area contributed by atoms with Gasteiger partial charge in [0.05, 0.1) is 0 Å². The molecular formula is C8H8N4O2. The molecule has 2 aromatic rings. The largest absolute Gasteiger partial charge is 0.476 e. The second-order valence-electron chi connectivity index (χ2n) is 2.80. The molecule has 0 aliphatic rings. The molecule has 0 fully saturated rings. The van der Waals surface area contributed by atoms with Crippen LogP contribution in [0.3, 0.4) is 0 Å². The highest BCUT2D eigenvalue weighted by Crippen LogP contribution is 2.03. The highest BCUT2D eigenvalue weighted by Gasteiger charge is 2.08. The number of hydrogen-bond donors (Lipinski definition) is 1. The second kappa shape index (κ2) is 2.99. The van der Waals surface area contributed by atoms with Gasteiger partial charge in [-0.3, -0.25) is 4.68 Å². The first kappa shape index (κ1) is 8.49. The summed E-state index contributed by atoms with van der Waals surface area (Å²) in [7, 11) is 1.78. The SMILES string of the molecule is Cn1ccc(-n2ccc(C(=O)O)n2)n1. The number of carboxylic acids is 1. The Labute approximate surface area is 79.4 Å². The fourth-order valence-corrected chi connectivity index (χ4v) is 1.09. The van der Waals surface area contributed by atoms with Crippen LogP contribution in [0.15, 0.2) is 24.5 Å². The van der Waals surface area contributed by atoms with E-state index >= 15 is 0 Å². The minimum absolute atomic E-state index is 0.00986. The van der Waals surface area contributed by atoms with Gasteiger partial charge in [0.2, 0.25) is 0 Å². The van der Waals surface area contributed by atoms with Crippen LogP contribution in [-0.2, 0) is 7.05 Å². The van der Waals surface area contributed by atoms with Crippen LogP contribution in [-0.4, -0.2) is 30.6 Å². The number of carboxylic acid groups (broad SMARTS) is 1. The van der Waals surface area contributed by atoms with Crippen molar-refractivity contribution in [3.05, 3.63) is 30.2 Å². The quantitative estimate of drug-likeness (QED) is 0.742. The van der Waals surface area contributed by atoms with Gasteiger partial charge in [-0.15, -0.1) is 0 Å². The zero-order valence-corrected chi connectivity index (χ0v) is 7.45. The molecule has 0 amide bonds. The maximum absolute atomic E-state index is 10.5. The van der Waals surface area contributed by atoms with Crippen LogP contribution in [0.5, 0.6) is 0 Å². The average molecular weight is 192 g/mol. The van der Waals surface area contributed by atoms with Crippen LogP contribution < -0.4 is 0 Å². The van der Waals surface area contributed by atoms with Gasteiger partial charge < -0.3 is 5.11 Å². The smallest absolute Gasteiger partial charge is 0.356 e. The normalized spacial score (nSPS) is 10.4. The van der Waals surface area contributed by atoms with Crippen molar-refractivity contribution in [3.63, 3.8) is 0 Å². The predicted molar refractivity (Wildman–Crippen MR) is 47.3 cm³/mol. The lowest BCUT2D eigenvalue weighted by molar-refractivity contribution is 0.0690. The highest BCUT2D eigenvalue weighted by molar-refractivity contribution is 5.85. The van der Waals surface area contributed by atoms with E-state index in [1.807, 2.05) is 0 Å². The van der Waals surface area contributed by atoms with Gasteiger partial charge in [0.25, 0.3) is 0 Å². The first-order valence-electron chi connectivity index (χ1n) is 3.96. The van der Waals surface area contributed by atoms with Crippen molar-refractivity contribution in [2.75, 3.05) is 0 Å². The van der Waals surface area contributed by atoms with Gasteiger partial charge in [-0.25, -0.2) is 9.48 Å². The minimum atomic E-state index is -1.04. The third kappa shape index (κ3) is 1.37. The lowest BCUT2D eigenvalue weighted by Gasteiger charge is -1.93. The first-order valence-corrected chi connectivity index (χ1v) is 3.96. The number of aromatic nitrogens is 4. The molecule has 2 aromatic heterocycles. The molecule has 72 valence electrons. The van der Waals surface area contributed by atoms with Crippen molar-refractivity contribution in [1.29, 1.82) is 0 Å². The Bertz CT molecular complexity index is 471. The molecule has 6 heteroatoms. The zero-order valence-electron chi connectivity index (χ0n) is 7.45. The molecule has 1 N–H and O–H groups in total. The molecular weight excluding hydrogens is 184 g/mol. The maximum Gasteiger partial charge on any atom is 0.356 e. The molecule has 0 atom stereocenters. The fraction of sp³-hybridized carbons (Fsp3) is 0.125. The Morgan fingerprint density at radius 3 is 2.64 bits per heavy atom. The number of aryl methyl sites for hydroxylation is 1. The van der Waals surface area contributed by atoms with Crippen molar-refractivity contribution in [2.45, 2.75) is 0 Å². The van der Waals surface area contributed by atoms with Crippen molar-refractivity contribution in [3.8, 4) is 5.82 Å². The van der Waals surface area contributed by atoms with E-state index in [-0.39, 0.29) is 5.69 Å². The summed E-state index contributed by atoms with van der Waals surface area (Å²) in [5.41, 5.74) is 0.00986. The molecule has 6 nitrogen and oxygen atoms in total. The third-order valence-corrected chi connectivity index (χ3v) is 1.74. The van der Waals surface area contributed by atoms with Crippen LogP contribution in [0.25, 0.3) is 5.82 Å². The van der Waals surface area contributed by atoms with Gasteiger partial charge in [0.1, 0.15) is 0 Å². The van der Waals surface area contributed by atoms with Gasteiger partial charge in [-0.2, -0.15) is 10.2 Å². The van der Waals surface area contributed by atoms with E-state index < -0.39 is 5.97 Å². The van der Waals surface area contributed by atoms with Crippen LogP contribution in [0, 0.1) is 0 Å². The minimum Gasteiger partial charge on any atom is -0.476 e. The number of aromatic carboxylic acids is 1. The second-order valence-corrected chi connectivity index (χ2v) is 2.80. The molecule has 0 unspecified atom stereocenters. The summed E-state index contributed by atoms with van der Waals surface area (Å²) >= 11 is 0. The van der Waals surface area contributed by atoms with E-state index in [2.05, 4.69) is 10.2 Å². The van der Waals surface area contributed by atoms with Gasteiger partial charge in [-0.1, -0.05) is 0 Å². The number of carbonyl (C=O) groups is 1. The summed E-state index contributed by atoms with van der Waals surface area (Å²) < 4.78 is 3.04. The van der Waals surface area contributed by atoms with Crippen LogP contribution in [0.1, 0.15) is 10.5 Å². The number of rotatable bonds is 2. The number of nitrogens with zero attached hydrogens (tertiary/aromatic N) is 4. The molecule has 0 saturated carbocycles. The Hall–Kier alpha value is -2.11. The van der Waals surface area contributed by atoms with Crippen molar-refractivity contribution < 1.29 is 9.90 Å². The predicted octanol–water partition coefficient (Wildman–Crippen LogP) is 0.304. The fourth-order valence-electron chi connectivity index (χ4n) is 1.09. The lowest BCUT2D eigenvalue weighted by Crippen LogP contribution is -2.02. The lowest BCUT2D eigenvalue weighted by atomic mass is 10.5. The topological polar surface area (TPSA) is 72.9 Å². The summed E-state index contributed by atoms with van der Waals surface area (Å²) in [5.74, 6) is -0.445. The van der Waals surface area contributed by atoms with E-state index in [1.54, 1.807) is 30.2 Å². The Morgan fingerprint density at radius 1 is 1.36 bits per heavy atom. The van der Waals surface area contributed by atoms with E-state index in [9.17, 15) is 4.79 Å². The summed E-state index contributed by atoms with van der Waals surface area (Å²) in [4.78, 5) is 10.5. The van der Waals surface area contributed by atoms with E-state index in [0.29, 0.717) is 5.82 Å². The molecule has 0 saturated heterocycles. The summed E-state index contributed by atoms with van der Waals surface area (Å²) in [6, 6.07) is 3.18. The zero-order chi connectivity index (χ0) is 10.1. The number of hydrogen-bond acceptors (Lipinski definition) is 3.